The van der Waals surface area contributed by atoms with E-state index in [1.807, 2.05) is 6.20 Å². The minimum atomic E-state index is 0.0454. The van der Waals surface area contributed by atoms with E-state index in [2.05, 4.69) is 23.3 Å². The number of rotatable bonds is 3. The van der Waals surface area contributed by atoms with E-state index < -0.39 is 0 Å². The summed E-state index contributed by atoms with van der Waals surface area (Å²) in [5.41, 5.74) is 1.99. The van der Waals surface area contributed by atoms with Crippen molar-refractivity contribution in [1.29, 1.82) is 0 Å². The summed E-state index contributed by atoms with van der Waals surface area (Å²) in [5, 5.41) is 1.59. The second-order valence-electron chi connectivity index (χ2n) is 6.20. The van der Waals surface area contributed by atoms with Gasteiger partial charge < -0.3 is 0 Å². The van der Waals surface area contributed by atoms with Gasteiger partial charge in [-0.05, 0) is 48.4 Å². The van der Waals surface area contributed by atoms with E-state index in [1.165, 1.54) is 64.2 Å². The molecule has 19 heavy (non-hydrogen) atoms. The minimum absolute atomic E-state index is 0.0454. The van der Waals surface area contributed by atoms with Crippen molar-refractivity contribution in [3.05, 3.63) is 24.5 Å². The second kappa shape index (κ2) is 6.84. The van der Waals surface area contributed by atoms with Crippen molar-refractivity contribution >= 4 is 13.2 Å². The van der Waals surface area contributed by atoms with Gasteiger partial charge >= 0.3 is 0 Å². The average Bonchev–Trinajstić information content (AvgIpc) is 2.51. The summed E-state index contributed by atoms with van der Waals surface area (Å²) in [6, 6.07) is 4.51. The van der Waals surface area contributed by atoms with Crippen LogP contribution >= 0.6 is 7.92 Å². The Kier molecular flexibility index (Phi) is 4.88. The van der Waals surface area contributed by atoms with E-state index in [9.17, 15) is 0 Å². The van der Waals surface area contributed by atoms with Crippen molar-refractivity contribution < 1.29 is 0 Å². The van der Waals surface area contributed by atoms with E-state index in [1.54, 1.807) is 5.30 Å². The van der Waals surface area contributed by atoms with Crippen molar-refractivity contribution in [2.75, 3.05) is 0 Å². The molecule has 3 rings (SSSR count). The van der Waals surface area contributed by atoms with Crippen LogP contribution in [-0.2, 0) is 0 Å². The van der Waals surface area contributed by atoms with E-state index in [0.29, 0.717) is 0 Å². The van der Waals surface area contributed by atoms with Crippen molar-refractivity contribution in [2.24, 2.45) is 0 Å². The van der Waals surface area contributed by atoms with Gasteiger partial charge in [0.15, 0.2) is 0 Å². The van der Waals surface area contributed by atoms with Crippen LogP contribution in [0.4, 0.5) is 0 Å². The topological polar surface area (TPSA) is 12.9 Å². The Morgan fingerprint density at radius 3 is 1.89 bits per heavy atom. The Balaban J connectivity index is 1.81. The fourth-order valence-electron chi connectivity index (χ4n) is 3.94. The second-order valence-corrected chi connectivity index (χ2v) is 8.99. The molecule has 1 nitrogen and oxygen atoms in total. The third-order valence-corrected chi connectivity index (χ3v) is 8.35. The molecule has 0 spiro atoms. The Morgan fingerprint density at radius 2 is 1.42 bits per heavy atom. The maximum atomic E-state index is 4.41. The van der Waals surface area contributed by atoms with Gasteiger partial charge in [-0.2, -0.15) is 0 Å². The molecule has 2 aliphatic carbocycles. The summed E-state index contributed by atoms with van der Waals surface area (Å²) in [4.78, 5) is 4.41. The van der Waals surface area contributed by atoms with Crippen molar-refractivity contribution in [2.45, 2.75) is 75.5 Å². The van der Waals surface area contributed by atoms with E-state index in [-0.39, 0.29) is 7.92 Å². The van der Waals surface area contributed by atoms with Crippen LogP contribution in [-0.4, -0.2) is 16.3 Å². The zero-order chi connectivity index (χ0) is 12.9. The molecule has 0 saturated heterocycles. The van der Waals surface area contributed by atoms with Crippen LogP contribution in [0.3, 0.4) is 0 Å². The zero-order valence-corrected chi connectivity index (χ0v) is 12.8. The molecule has 2 saturated carbocycles. The van der Waals surface area contributed by atoms with Gasteiger partial charge in [-0.1, -0.05) is 52.5 Å². The van der Waals surface area contributed by atoms with Crippen LogP contribution in [0.5, 0.6) is 0 Å². The zero-order valence-electron chi connectivity index (χ0n) is 11.9. The molecule has 104 valence electrons. The molecule has 0 unspecified atom stereocenters. The van der Waals surface area contributed by atoms with Crippen LogP contribution in [0.15, 0.2) is 24.5 Å². The van der Waals surface area contributed by atoms with Crippen LogP contribution in [0, 0.1) is 0 Å². The predicted octanol–water partition coefficient (Wildman–Crippen LogP) is 4.85. The minimum Gasteiger partial charge on any atom is -0.264 e. The standard InChI is InChI=1S/C17H26NP/c1-3-8-15(9-4-1)19(16-10-5-2-6-11-16)17-12-7-13-18-14-17/h7,12-16H,1-6,8-11H2. The normalized spacial score (nSPS) is 22.8. The van der Waals surface area contributed by atoms with Gasteiger partial charge in [0, 0.05) is 12.4 Å². The fourth-order valence-corrected chi connectivity index (χ4v) is 7.69. The molecule has 0 aliphatic heterocycles. The first-order chi connectivity index (χ1) is 9.45. The molecule has 0 amide bonds. The molecule has 0 bridgehead atoms. The fraction of sp³-hybridized carbons (Fsp3) is 0.706. The molecular weight excluding hydrogens is 249 g/mol. The summed E-state index contributed by atoms with van der Waals surface area (Å²) >= 11 is 0. The van der Waals surface area contributed by atoms with Gasteiger partial charge in [-0.25, -0.2) is 0 Å². The molecule has 1 aromatic rings. The lowest BCUT2D eigenvalue weighted by atomic mass is 9.99. The number of aromatic nitrogens is 1. The molecule has 2 aliphatic rings. The van der Waals surface area contributed by atoms with Gasteiger partial charge in [-0.3, -0.25) is 4.98 Å². The highest BCUT2D eigenvalue weighted by Crippen LogP contribution is 2.54. The van der Waals surface area contributed by atoms with Crippen LogP contribution in [0.25, 0.3) is 0 Å². The maximum absolute atomic E-state index is 4.41. The lowest BCUT2D eigenvalue weighted by Gasteiger charge is -2.38. The van der Waals surface area contributed by atoms with Crippen LogP contribution < -0.4 is 5.30 Å². The number of hydrogen-bond acceptors (Lipinski definition) is 1. The number of pyridine rings is 1. The largest absolute Gasteiger partial charge is 0.264 e. The first-order valence-corrected chi connectivity index (χ1v) is 9.61. The quantitative estimate of drug-likeness (QED) is 0.718. The van der Waals surface area contributed by atoms with Crippen molar-refractivity contribution in [3.63, 3.8) is 0 Å². The highest BCUT2D eigenvalue weighted by Gasteiger charge is 2.32. The third kappa shape index (κ3) is 3.37. The molecule has 2 fully saturated rings. The third-order valence-electron chi connectivity index (χ3n) is 4.88. The average molecular weight is 275 g/mol. The molecule has 0 N–H and O–H groups in total. The predicted molar refractivity (Wildman–Crippen MR) is 84.5 cm³/mol. The van der Waals surface area contributed by atoms with Gasteiger partial charge in [0.2, 0.25) is 0 Å². The molecule has 0 atom stereocenters. The first-order valence-electron chi connectivity index (χ1n) is 8.13. The van der Waals surface area contributed by atoms with Crippen LogP contribution in [0.1, 0.15) is 64.2 Å². The summed E-state index contributed by atoms with van der Waals surface area (Å²) < 4.78 is 0. The number of nitrogens with zero attached hydrogens (tertiary/aromatic N) is 1. The molecule has 0 aromatic carbocycles. The molecule has 1 aromatic heterocycles. The Labute approximate surface area is 119 Å². The van der Waals surface area contributed by atoms with Gasteiger partial charge in [0.05, 0.1) is 0 Å². The van der Waals surface area contributed by atoms with Gasteiger partial charge in [0.25, 0.3) is 0 Å². The highest BCUT2D eigenvalue weighted by atomic mass is 31.1. The Morgan fingerprint density at radius 1 is 0.842 bits per heavy atom. The lowest BCUT2D eigenvalue weighted by molar-refractivity contribution is 0.487. The van der Waals surface area contributed by atoms with Crippen molar-refractivity contribution in [3.8, 4) is 0 Å². The first kappa shape index (κ1) is 13.6. The molecular formula is C17H26NP. The molecule has 1 heterocycles. The highest BCUT2D eigenvalue weighted by molar-refractivity contribution is 7.67. The Bertz CT molecular complexity index is 348. The maximum Gasteiger partial charge on any atom is 0.0344 e. The van der Waals surface area contributed by atoms with E-state index in [4.69, 9.17) is 0 Å². The van der Waals surface area contributed by atoms with E-state index >= 15 is 0 Å². The smallest absolute Gasteiger partial charge is 0.0344 e. The molecule has 2 heteroatoms. The van der Waals surface area contributed by atoms with Crippen molar-refractivity contribution in [1.82, 2.24) is 4.98 Å². The summed E-state index contributed by atoms with van der Waals surface area (Å²) in [6.07, 6.45) is 18.9. The van der Waals surface area contributed by atoms with Gasteiger partial charge in [0.1, 0.15) is 0 Å². The van der Waals surface area contributed by atoms with Crippen LogP contribution in [0.2, 0.25) is 0 Å². The monoisotopic (exact) mass is 275 g/mol. The summed E-state index contributed by atoms with van der Waals surface area (Å²) in [5.74, 6) is 0. The Hall–Kier alpha value is -0.420. The number of hydrogen-bond donors (Lipinski definition) is 0. The van der Waals surface area contributed by atoms with Gasteiger partial charge in [-0.15, -0.1) is 0 Å². The summed E-state index contributed by atoms with van der Waals surface area (Å²) in [6.45, 7) is 0. The molecule has 0 radical (unpaired) electrons. The van der Waals surface area contributed by atoms with E-state index in [0.717, 1.165) is 11.3 Å². The lowest BCUT2D eigenvalue weighted by Crippen LogP contribution is -2.26. The summed E-state index contributed by atoms with van der Waals surface area (Å²) in [7, 11) is 0.0454. The SMILES string of the molecule is c1cncc(P(C2CCCCC2)C2CCCCC2)c1.